The molecule has 4 aliphatic rings. The first kappa shape index (κ1) is 15.4. The molecule has 4 aliphatic carbocycles. The lowest BCUT2D eigenvalue weighted by Gasteiger charge is -2.59. The first-order valence-electron chi connectivity index (χ1n) is 8.16. The molecule has 0 spiro atoms. The molecule has 124 valence electrons. The van der Waals surface area contributed by atoms with E-state index < -0.39 is 11.7 Å². The number of nitrogens with one attached hydrogen (secondary N) is 2. The highest BCUT2D eigenvalue weighted by molar-refractivity contribution is 5.68. The average molecular weight is 310 g/mol. The van der Waals surface area contributed by atoms with Crippen LogP contribution in [0.15, 0.2) is 0 Å². The van der Waals surface area contributed by atoms with Crippen LogP contribution in [-0.4, -0.2) is 34.5 Å². The third kappa shape index (κ3) is 3.01. The quantitative estimate of drug-likeness (QED) is 0.732. The minimum absolute atomic E-state index is 0.120. The topological polar surface area (TPSA) is 87.7 Å². The number of carboxylic acid groups (broad SMARTS) is 1. The summed E-state index contributed by atoms with van der Waals surface area (Å²) < 4.78 is 5.37. The number of carbonyl (C=O) groups is 2. The Kier molecular flexibility index (Phi) is 3.53. The second-order valence-electron chi connectivity index (χ2n) is 8.35. The van der Waals surface area contributed by atoms with Gasteiger partial charge in [0.05, 0.1) is 0 Å². The van der Waals surface area contributed by atoms with E-state index in [-0.39, 0.29) is 17.7 Å². The molecule has 4 bridgehead atoms. The molecule has 6 nitrogen and oxygen atoms in total. The second kappa shape index (κ2) is 5.03. The Balaban J connectivity index is 1.68. The van der Waals surface area contributed by atoms with Gasteiger partial charge in [-0.2, -0.15) is 0 Å². The van der Waals surface area contributed by atoms with Crippen LogP contribution in [0.25, 0.3) is 0 Å². The zero-order valence-corrected chi connectivity index (χ0v) is 13.5. The van der Waals surface area contributed by atoms with E-state index in [1.165, 1.54) is 0 Å². The smallest absolute Gasteiger partial charge is 0.407 e. The van der Waals surface area contributed by atoms with Gasteiger partial charge in [-0.3, -0.25) is 0 Å². The van der Waals surface area contributed by atoms with E-state index in [1.54, 1.807) is 0 Å². The minimum atomic E-state index is -0.932. The van der Waals surface area contributed by atoms with Crippen molar-refractivity contribution in [2.75, 3.05) is 0 Å². The van der Waals surface area contributed by atoms with Crippen molar-refractivity contribution in [1.29, 1.82) is 0 Å². The molecule has 0 aliphatic heterocycles. The van der Waals surface area contributed by atoms with Crippen molar-refractivity contribution in [3.8, 4) is 0 Å². The van der Waals surface area contributed by atoms with Gasteiger partial charge in [0, 0.05) is 11.6 Å². The van der Waals surface area contributed by atoms with Gasteiger partial charge in [0.2, 0.25) is 0 Å². The molecule has 4 fully saturated rings. The lowest BCUT2D eigenvalue weighted by molar-refractivity contribution is -0.0463. The number of carbonyl (C=O) groups excluding carboxylic acids is 1. The number of hydrogen-bond donors (Lipinski definition) is 3. The van der Waals surface area contributed by atoms with Gasteiger partial charge in [0.15, 0.2) is 0 Å². The van der Waals surface area contributed by atoms with Crippen molar-refractivity contribution in [2.45, 2.75) is 70.1 Å². The predicted molar refractivity (Wildman–Crippen MR) is 80.6 cm³/mol. The Labute approximate surface area is 131 Å². The Morgan fingerprint density at radius 2 is 1.73 bits per heavy atom. The van der Waals surface area contributed by atoms with Crippen LogP contribution in [0.2, 0.25) is 0 Å². The summed E-state index contributed by atoms with van der Waals surface area (Å²) >= 11 is 0. The summed E-state index contributed by atoms with van der Waals surface area (Å²) in [6.07, 6.45) is 3.48. The van der Waals surface area contributed by atoms with E-state index in [4.69, 9.17) is 9.84 Å². The van der Waals surface area contributed by atoms with Crippen LogP contribution in [0, 0.1) is 17.8 Å². The standard InChI is InChI=1S/C16H26N2O4/c1-15(2,3)22-14(21)17-12-10-4-9-5-11(12)8-16(6-9,7-10)18-13(19)20/h9-12,18H,4-8H2,1-3H3,(H,17,21)(H,19,20). The van der Waals surface area contributed by atoms with E-state index in [2.05, 4.69) is 10.6 Å². The van der Waals surface area contributed by atoms with Crippen LogP contribution in [-0.2, 0) is 4.74 Å². The van der Waals surface area contributed by atoms with Gasteiger partial charge in [0.25, 0.3) is 0 Å². The van der Waals surface area contributed by atoms with Crippen LogP contribution in [0.1, 0.15) is 52.9 Å². The molecule has 2 unspecified atom stereocenters. The molecule has 0 saturated heterocycles. The number of amides is 2. The lowest BCUT2D eigenvalue weighted by atomic mass is 9.51. The molecule has 6 heteroatoms. The van der Waals surface area contributed by atoms with Crippen molar-refractivity contribution in [2.24, 2.45) is 17.8 Å². The highest BCUT2D eigenvalue weighted by Gasteiger charge is 2.56. The van der Waals surface area contributed by atoms with Crippen LogP contribution in [0.5, 0.6) is 0 Å². The molecule has 0 aromatic carbocycles. The fourth-order valence-corrected chi connectivity index (χ4v) is 5.08. The van der Waals surface area contributed by atoms with Crippen LogP contribution in [0.3, 0.4) is 0 Å². The average Bonchev–Trinajstić information content (AvgIpc) is 2.28. The summed E-state index contributed by atoms with van der Waals surface area (Å²) in [6, 6.07) is 0.120. The van der Waals surface area contributed by atoms with E-state index in [0.29, 0.717) is 17.8 Å². The molecule has 4 saturated carbocycles. The molecule has 0 heterocycles. The summed E-state index contributed by atoms with van der Waals surface area (Å²) in [5.41, 5.74) is -0.767. The van der Waals surface area contributed by atoms with E-state index >= 15 is 0 Å². The molecular weight excluding hydrogens is 284 g/mol. The molecule has 0 aromatic heterocycles. The van der Waals surface area contributed by atoms with Gasteiger partial charge in [-0.05, 0) is 70.6 Å². The molecule has 2 atom stereocenters. The van der Waals surface area contributed by atoms with Gasteiger partial charge in [-0.1, -0.05) is 0 Å². The van der Waals surface area contributed by atoms with Gasteiger partial charge >= 0.3 is 12.2 Å². The first-order chi connectivity index (χ1) is 10.2. The summed E-state index contributed by atoms with van der Waals surface area (Å²) in [7, 11) is 0. The van der Waals surface area contributed by atoms with Crippen LogP contribution >= 0.6 is 0 Å². The van der Waals surface area contributed by atoms with E-state index in [1.807, 2.05) is 20.8 Å². The van der Waals surface area contributed by atoms with Crippen molar-refractivity contribution >= 4 is 12.2 Å². The third-order valence-electron chi connectivity index (χ3n) is 5.33. The Morgan fingerprint density at radius 3 is 2.23 bits per heavy atom. The Hall–Kier alpha value is -1.46. The van der Waals surface area contributed by atoms with Crippen molar-refractivity contribution in [1.82, 2.24) is 10.6 Å². The van der Waals surface area contributed by atoms with Gasteiger partial charge < -0.3 is 20.5 Å². The Bertz CT molecular complexity index is 469. The molecular formula is C16H26N2O4. The van der Waals surface area contributed by atoms with Crippen LogP contribution in [0.4, 0.5) is 9.59 Å². The van der Waals surface area contributed by atoms with Crippen molar-refractivity contribution in [3.05, 3.63) is 0 Å². The second-order valence-corrected chi connectivity index (χ2v) is 8.35. The third-order valence-corrected chi connectivity index (χ3v) is 5.33. The highest BCUT2D eigenvalue weighted by Crippen LogP contribution is 2.55. The lowest BCUT2D eigenvalue weighted by Crippen LogP contribution is -2.66. The number of ether oxygens (including phenoxy) is 1. The maximum absolute atomic E-state index is 12.1. The first-order valence-corrected chi connectivity index (χ1v) is 8.16. The largest absolute Gasteiger partial charge is 0.465 e. The van der Waals surface area contributed by atoms with Crippen molar-refractivity contribution < 1.29 is 19.4 Å². The van der Waals surface area contributed by atoms with Gasteiger partial charge in [0.1, 0.15) is 5.60 Å². The normalized spacial score (nSPS) is 39.4. The zero-order valence-electron chi connectivity index (χ0n) is 13.5. The number of alkyl carbamates (subject to hydrolysis) is 1. The van der Waals surface area contributed by atoms with Gasteiger partial charge in [-0.25, -0.2) is 9.59 Å². The highest BCUT2D eigenvalue weighted by atomic mass is 16.6. The summed E-state index contributed by atoms with van der Waals surface area (Å²) in [4.78, 5) is 23.2. The number of rotatable bonds is 2. The summed E-state index contributed by atoms with van der Waals surface area (Å²) in [6.45, 7) is 5.57. The fraction of sp³-hybridized carbons (Fsp3) is 0.875. The maximum atomic E-state index is 12.1. The molecule has 3 N–H and O–H groups in total. The number of hydrogen-bond acceptors (Lipinski definition) is 3. The molecule has 0 aromatic rings. The summed E-state index contributed by atoms with van der Waals surface area (Å²) in [5, 5.41) is 14.9. The minimum Gasteiger partial charge on any atom is -0.465 e. The van der Waals surface area contributed by atoms with Crippen molar-refractivity contribution in [3.63, 3.8) is 0 Å². The fourth-order valence-electron chi connectivity index (χ4n) is 5.08. The Morgan fingerprint density at radius 1 is 1.14 bits per heavy atom. The molecule has 22 heavy (non-hydrogen) atoms. The SMILES string of the molecule is CC(C)(C)OC(=O)NC1C2CC3CC1CC(NC(=O)O)(C3)C2. The van der Waals surface area contributed by atoms with E-state index in [9.17, 15) is 9.59 Å². The van der Waals surface area contributed by atoms with Gasteiger partial charge in [-0.15, -0.1) is 0 Å². The molecule has 2 amide bonds. The summed E-state index contributed by atoms with van der Waals surface area (Å²) in [5.74, 6) is 1.29. The molecule has 4 rings (SSSR count). The zero-order chi connectivity index (χ0) is 16.1. The monoisotopic (exact) mass is 310 g/mol. The predicted octanol–water partition coefficient (Wildman–Crippen LogP) is 2.73. The maximum Gasteiger partial charge on any atom is 0.407 e. The molecule has 0 radical (unpaired) electrons. The van der Waals surface area contributed by atoms with E-state index in [0.717, 1.165) is 32.1 Å². The van der Waals surface area contributed by atoms with Crippen LogP contribution < -0.4 is 10.6 Å².